The summed E-state index contributed by atoms with van der Waals surface area (Å²) in [6.07, 6.45) is 2.09. The van der Waals surface area contributed by atoms with Crippen LogP contribution in [0.2, 0.25) is 0 Å². The van der Waals surface area contributed by atoms with Crippen molar-refractivity contribution >= 4 is 38.1 Å². The third-order valence-electron chi connectivity index (χ3n) is 2.00. The Labute approximate surface area is 111 Å². The summed E-state index contributed by atoms with van der Waals surface area (Å²) in [5.41, 5.74) is -1.91. The first kappa shape index (κ1) is 18.4. The molecule has 0 rings (SSSR count). The summed E-state index contributed by atoms with van der Waals surface area (Å²) in [7, 11) is -2.35. The van der Waals surface area contributed by atoms with E-state index in [0.29, 0.717) is 0 Å². The minimum absolute atomic E-state index is 0. The van der Waals surface area contributed by atoms with Gasteiger partial charge in [-0.2, -0.15) is 0 Å². The van der Waals surface area contributed by atoms with E-state index in [1.54, 1.807) is 0 Å². The van der Waals surface area contributed by atoms with Gasteiger partial charge < -0.3 is 19.8 Å². The Hall–Kier alpha value is -0.998. The van der Waals surface area contributed by atoms with Gasteiger partial charge in [-0.05, 0) is 12.8 Å². The summed E-state index contributed by atoms with van der Waals surface area (Å²) in [4.78, 5) is 22.5. The Bertz CT molecular complexity index is 294. The van der Waals surface area contributed by atoms with Gasteiger partial charge in [-0.1, -0.05) is 12.2 Å². The van der Waals surface area contributed by atoms with Gasteiger partial charge in [-0.15, -0.1) is 13.2 Å². The van der Waals surface area contributed by atoms with Gasteiger partial charge in [0.05, 0.1) is 0 Å². The predicted octanol–water partition coefficient (Wildman–Crippen LogP) is -0.926. The van der Waals surface area contributed by atoms with Crippen LogP contribution < -0.4 is 0 Å². The quantitative estimate of drug-likeness (QED) is 0.300. The van der Waals surface area contributed by atoms with E-state index in [0.717, 1.165) is 0 Å². The molecule has 0 fully saturated rings. The normalized spacial score (nSPS) is 9.76. The van der Waals surface area contributed by atoms with E-state index in [-0.39, 0.29) is 31.7 Å². The van der Waals surface area contributed by atoms with Gasteiger partial charge in [0.15, 0.2) is 5.41 Å². The van der Waals surface area contributed by atoms with Gasteiger partial charge in [0.1, 0.15) is 0 Å². The molecule has 0 saturated heterocycles. The molecule has 0 aliphatic heterocycles. The monoisotopic (exact) mass is 236 g/mol. The fraction of sp³-hybridized carbons (Fsp3) is 0.333. The van der Waals surface area contributed by atoms with Crippen LogP contribution in [-0.2, 0) is 14.2 Å². The average Bonchev–Trinajstić information content (AvgIpc) is 2.15. The molecule has 0 saturated carbocycles. The molecule has 0 radical (unpaired) electrons. The summed E-state index contributed by atoms with van der Waals surface area (Å²) in [6.45, 7) is 6.68. The van der Waals surface area contributed by atoms with Crippen molar-refractivity contribution in [1.29, 1.82) is 0 Å². The predicted molar refractivity (Wildman–Crippen MR) is 63.1 cm³/mol. The van der Waals surface area contributed by atoms with Crippen molar-refractivity contribution in [3.05, 3.63) is 25.3 Å². The number of aliphatic carboxylic acids is 1. The number of carboxylic acids is 1. The molecule has 0 spiro atoms. The Kier molecular flexibility index (Phi) is 8.80. The molecule has 3 N–H and O–H groups in total. The van der Waals surface area contributed by atoms with Crippen molar-refractivity contribution in [2.45, 2.75) is 12.8 Å². The van der Waals surface area contributed by atoms with Crippen molar-refractivity contribution < 1.29 is 29.4 Å². The number of carbonyl (C=O) groups is 2. The number of carbonyl (C=O) groups excluding carboxylic acids is 1. The molecule has 0 heterocycles. The van der Waals surface area contributed by atoms with Crippen molar-refractivity contribution in [1.82, 2.24) is 0 Å². The fourth-order valence-electron chi connectivity index (χ4n) is 1.21. The zero-order valence-electron chi connectivity index (χ0n) is 8.63. The van der Waals surface area contributed by atoms with Crippen LogP contribution in [0.25, 0.3) is 0 Å². The summed E-state index contributed by atoms with van der Waals surface area (Å²) < 4.78 is 4.08. The van der Waals surface area contributed by atoms with Crippen LogP contribution in [0.1, 0.15) is 12.8 Å². The average molecular weight is 236 g/mol. The van der Waals surface area contributed by atoms with Crippen LogP contribution in [0.5, 0.6) is 0 Å². The van der Waals surface area contributed by atoms with Crippen LogP contribution in [0.3, 0.4) is 0 Å². The molecule has 0 aliphatic carbocycles. The van der Waals surface area contributed by atoms with Crippen LogP contribution in [0.4, 0.5) is 0 Å². The van der Waals surface area contributed by atoms with Crippen LogP contribution in [-0.4, -0.2) is 53.3 Å². The molecule has 90 valence electrons. The molecule has 0 amide bonds. The third-order valence-corrected chi connectivity index (χ3v) is 2.00. The van der Waals surface area contributed by atoms with Crippen molar-refractivity contribution in [3.8, 4) is 0 Å². The van der Waals surface area contributed by atoms with E-state index >= 15 is 0 Å². The van der Waals surface area contributed by atoms with Crippen molar-refractivity contribution in [2.75, 3.05) is 0 Å². The molecule has 0 unspecified atom stereocenters. The van der Waals surface area contributed by atoms with E-state index in [9.17, 15) is 9.59 Å². The summed E-state index contributed by atoms with van der Waals surface area (Å²) >= 11 is 0. The second-order valence-corrected chi connectivity index (χ2v) is 3.10. The second kappa shape index (κ2) is 8.15. The van der Waals surface area contributed by atoms with E-state index in [2.05, 4.69) is 17.8 Å². The van der Waals surface area contributed by atoms with E-state index < -0.39 is 24.7 Å². The van der Waals surface area contributed by atoms with Crippen molar-refractivity contribution in [2.24, 2.45) is 5.41 Å². The summed E-state index contributed by atoms with van der Waals surface area (Å²) in [6, 6.07) is 0. The fourth-order valence-corrected chi connectivity index (χ4v) is 1.21. The number of hydrogen-bond acceptors (Lipinski definition) is 5. The third kappa shape index (κ3) is 4.79. The molecule has 17 heavy (non-hydrogen) atoms. The number of hydrogen-bond donors (Lipinski definition) is 3. The Morgan fingerprint density at radius 1 is 1.24 bits per heavy atom. The number of carboxylic acid groups (broad SMARTS) is 1. The van der Waals surface area contributed by atoms with Gasteiger partial charge in [0.25, 0.3) is 0 Å². The first-order valence-corrected chi connectivity index (χ1v) is 4.43. The number of allylic oxidation sites excluding steroid dienone is 2. The molecule has 0 aromatic carbocycles. The molecule has 8 heteroatoms. The standard InChI is InChI=1S/C9H13BO6.Li.H/c1-3-5-9(6-4-2,7(11)12)8(13)16-10(14)15;;/h3-4,14-15H,1-2,5-6H2,(H,11,12);;. The summed E-state index contributed by atoms with van der Waals surface area (Å²) in [5.74, 6) is -2.67. The molecular weight excluding hydrogens is 222 g/mol. The minimum atomic E-state index is -2.35. The molecule has 0 atom stereocenters. The van der Waals surface area contributed by atoms with E-state index in [4.69, 9.17) is 15.2 Å². The van der Waals surface area contributed by atoms with Crippen molar-refractivity contribution in [3.63, 3.8) is 0 Å². The van der Waals surface area contributed by atoms with Gasteiger partial charge in [-0.3, -0.25) is 9.59 Å². The topological polar surface area (TPSA) is 104 Å². The second-order valence-electron chi connectivity index (χ2n) is 3.10. The first-order chi connectivity index (χ1) is 7.40. The Morgan fingerprint density at radius 2 is 1.65 bits per heavy atom. The van der Waals surface area contributed by atoms with Gasteiger partial charge >= 0.3 is 38.1 Å². The Balaban J connectivity index is 0. The van der Waals surface area contributed by atoms with Gasteiger partial charge in [0.2, 0.25) is 0 Å². The maximum absolute atomic E-state index is 11.5. The van der Waals surface area contributed by atoms with Crippen LogP contribution in [0.15, 0.2) is 25.3 Å². The summed E-state index contributed by atoms with van der Waals surface area (Å²) in [5, 5.41) is 26.0. The number of rotatable bonds is 7. The molecular formula is C9H14BLiO6. The first-order valence-electron chi connectivity index (χ1n) is 4.43. The van der Waals surface area contributed by atoms with Gasteiger partial charge in [-0.25, -0.2) is 0 Å². The van der Waals surface area contributed by atoms with Gasteiger partial charge in [0, 0.05) is 0 Å². The van der Waals surface area contributed by atoms with Crippen LogP contribution >= 0.6 is 0 Å². The zero-order valence-corrected chi connectivity index (χ0v) is 8.63. The molecule has 6 nitrogen and oxygen atoms in total. The Morgan fingerprint density at radius 3 is 1.88 bits per heavy atom. The maximum atomic E-state index is 11.5. The van der Waals surface area contributed by atoms with E-state index in [1.807, 2.05) is 0 Å². The molecule has 0 aromatic rings. The SMILES string of the molecule is C=CCC(CC=C)(C(=O)O)C(=O)OB(O)O.[LiH]. The van der Waals surface area contributed by atoms with E-state index in [1.165, 1.54) is 12.2 Å². The molecule has 0 aliphatic rings. The van der Waals surface area contributed by atoms with Crippen LogP contribution in [0, 0.1) is 5.41 Å². The molecule has 0 aromatic heterocycles. The zero-order chi connectivity index (χ0) is 12.8. The molecule has 0 bridgehead atoms.